The van der Waals surface area contributed by atoms with E-state index >= 15 is 0 Å². The van der Waals surface area contributed by atoms with Gasteiger partial charge < -0.3 is 11.1 Å². The van der Waals surface area contributed by atoms with Gasteiger partial charge in [0.1, 0.15) is 0 Å². The van der Waals surface area contributed by atoms with Gasteiger partial charge in [-0.05, 0) is 44.7 Å². The Bertz CT molecular complexity index is 344. The molecule has 2 nitrogen and oxygen atoms in total. The SMILES string of the molecule is Cc1ccc([C@H](C)NC2CCCC2CN)cc1. The predicted octanol–water partition coefficient (Wildman–Crippen LogP) is 2.77. The van der Waals surface area contributed by atoms with E-state index in [0.29, 0.717) is 18.0 Å². The zero-order valence-corrected chi connectivity index (χ0v) is 10.9. The Hall–Kier alpha value is -0.860. The minimum Gasteiger partial charge on any atom is -0.330 e. The van der Waals surface area contributed by atoms with Crippen LogP contribution in [0.25, 0.3) is 0 Å². The van der Waals surface area contributed by atoms with E-state index in [2.05, 4.69) is 43.4 Å². The first-order valence-electron chi connectivity index (χ1n) is 6.73. The van der Waals surface area contributed by atoms with Gasteiger partial charge in [-0.3, -0.25) is 0 Å². The van der Waals surface area contributed by atoms with Crippen LogP contribution in [-0.2, 0) is 0 Å². The second kappa shape index (κ2) is 5.65. The average Bonchev–Trinajstić information content (AvgIpc) is 2.77. The quantitative estimate of drug-likeness (QED) is 0.837. The fourth-order valence-electron chi connectivity index (χ4n) is 2.81. The van der Waals surface area contributed by atoms with Gasteiger partial charge in [0.05, 0.1) is 0 Å². The monoisotopic (exact) mass is 232 g/mol. The third-order valence-electron chi connectivity index (χ3n) is 4.00. The standard InChI is InChI=1S/C15H24N2/c1-11-6-8-13(9-7-11)12(2)17-15-5-3-4-14(15)10-16/h6-9,12,14-15,17H,3-5,10,16H2,1-2H3/t12-,14?,15?/m0/s1. The molecular weight excluding hydrogens is 208 g/mol. The predicted molar refractivity (Wildman–Crippen MR) is 72.9 cm³/mol. The van der Waals surface area contributed by atoms with E-state index in [1.807, 2.05) is 0 Å². The van der Waals surface area contributed by atoms with Crippen molar-refractivity contribution in [3.05, 3.63) is 35.4 Å². The Labute approximate surface area is 105 Å². The lowest BCUT2D eigenvalue weighted by atomic mass is 10.0. The van der Waals surface area contributed by atoms with Gasteiger partial charge in [0.15, 0.2) is 0 Å². The fourth-order valence-corrected chi connectivity index (χ4v) is 2.81. The molecule has 0 spiro atoms. The van der Waals surface area contributed by atoms with Crippen molar-refractivity contribution in [2.45, 2.75) is 45.2 Å². The molecule has 0 saturated heterocycles. The summed E-state index contributed by atoms with van der Waals surface area (Å²) >= 11 is 0. The van der Waals surface area contributed by atoms with Crippen LogP contribution >= 0.6 is 0 Å². The number of rotatable bonds is 4. The minimum atomic E-state index is 0.424. The smallest absolute Gasteiger partial charge is 0.0294 e. The van der Waals surface area contributed by atoms with Crippen molar-refractivity contribution in [1.82, 2.24) is 5.32 Å². The number of hydrogen-bond donors (Lipinski definition) is 2. The van der Waals surface area contributed by atoms with Gasteiger partial charge in [-0.2, -0.15) is 0 Å². The Morgan fingerprint density at radius 1 is 1.29 bits per heavy atom. The summed E-state index contributed by atoms with van der Waals surface area (Å²) in [5.74, 6) is 0.669. The highest BCUT2D eigenvalue weighted by Crippen LogP contribution is 2.27. The number of benzene rings is 1. The molecule has 0 bridgehead atoms. The van der Waals surface area contributed by atoms with Crippen molar-refractivity contribution in [2.24, 2.45) is 11.7 Å². The van der Waals surface area contributed by atoms with Crippen molar-refractivity contribution in [3.63, 3.8) is 0 Å². The molecule has 17 heavy (non-hydrogen) atoms. The van der Waals surface area contributed by atoms with Crippen LogP contribution < -0.4 is 11.1 Å². The molecule has 3 N–H and O–H groups in total. The maximum absolute atomic E-state index is 5.82. The molecule has 0 aliphatic heterocycles. The van der Waals surface area contributed by atoms with Gasteiger partial charge in [0.25, 0.3) is 0 Å². The average molecular weight is 232 g/mol. The van der Waals surface area contributed by atoms with Crippen LogP contribution in [0.1, 0.15) is 43.4 Å². The van der Waals surface area contributed by atoms with Crippen LogP contribution in [0.2, 0.25) is 0 Å². The molecule has 2 unspecified atom stereocenters. The molecule has 1 aromatic carbocycles. The molecule has 2 rings (SSSR count). The highest BCUT2D eigenvalue weighted by atomic mass is 15.0. The van der Waals surface area contributed by atoms with Crippen molar-refractivity contribution < 1.29 is 0 Å². The van der Waals surface area contributed by atoms with Crippen LogP contribution in [0.15, 0.2) is 24.3 Å². The van der Waals surface area contributed by atoms with Crippen LogP contribution in [0.3, 0.4) is 0 Å². The van der Waals surface area contributed by atoms with Gasteiger partial charge in [-0.15, -0.1) is 0 Å². The Kier molecular flexibility index (Phi) is 4.19. The van der Waals surface area contributed by atoms with E-state index < -0.39 is 0 Å². The number of nitrogens with one attached hydrogen (secondary N) is 1. The lowest BCUT2D eigenvalue weighted by Gasteiger charge is -2.24. The van der Waals surface area contributed by atoms with Crippen LogP contribution in [0, 0.1) is 12.8 Å². The summed E-state index contributed by atoms with van der Waals surface area (Å²) in [6, 6.07) is 9.84. The summed E-state index contributed by atoms with van der Waals surface area (Å²) in [6.45, 7) is 5.19. The topological polar surface area (TPSA) is 38.0 Å². The maximum atomic E-state index is 5.82. The summed E-state index contributed by atoms with van der Waals surface area (Å²) in [4.78, 5) is 0. The molecular formula is C15H24N2. The second-order valence-electron chi connectivity index (χ2n) is 5.33. The molecule has 3 atom stereocenters. The number of hydrogen-bond acceptors (Lipinski definition) is 2. The molecule has 1 aliphatic carbocycles. The minimum absolute atomic E-state index is 0.424. The molecule has 94 valence electrons. The van der Waals surface area contributed by atoms with Gasteiger partial charge >= 0.3 is 0 Å². The Balaban J connectivity index is 1.96. The highest BCUT2D eigenvalue weighted by Gasteiger charge is 2.26. The van der Waals surface area contributed by atoms with Crippen molar-refractivity contribution in [2.75, 3.05) is 6.54 Å². The zero-order valence-electron chi connectivity index (χ0n) is 10.9. The molecule has 2 heteroatoms. The first kappa shape index (κ1) is 12.6. The maximum Gasteiger partial charge on any atom is 0.0294 e. The summed E-state index contributed by atoms with van der Waals surface area (Å²) in [5.41, 5.74) is 8.51. The second-order valence-corrected chi connectivity index (χ2v) is 5.33. The third kappa shape index (κ3) is 3.08. The lowest BCUT2D eigenvalue weighted by Crippen LogP contribution is -2.37. The first-order valence-corrected chi connectivity index (χ1v) is 6.73. The molecule has 0 aromatic heterocycles. The Morgan fingerprint density at radius 3 is 2.65 bits per heavy atom. The molecule has 1 saturated carbocycles. The largest absolute Gasteiger partial charge is 0.330 e. The van der Waals surface area contributed by atoms with Gasteiger partial charge in [-0.1, -0.05) is 36.2 Å². The third-order valence-corrected chi connectivity index (χ3v) is 4.00. The van der Waals surface area contributed by atoms with E-state index in [-0.39, 0.29) is 0 Å². The van der Waals surface area contributed by atoms with Crippen LogP contribution in [-0.4, -0.2) is 12.6 Å². The fraction of sp³-hybridized carbons (Fsp3) is 0.600. The normalized spacial score (nSPS) is 26.1. The Morgan fingerprint density at radius 2 is 2.00 bits per heavy atom. The molecule has 1 fully saturated rings. The van der Waals surface area contributed by atoms with Gasteiger partial charge in [0.2, 0.25) is 0 Å². The number of nitrogens with two attached hydrogens (primary N) is 1. The van der Waals surface area contributed by atoms with E-state index in [1.165, 1.54) is 30.4 Å². The highest BCUT2D eigenvalue weighted by molar-refractivity contribution is 5.23. The number of aryl methyl sites for hydroxylation is 1. The van der Waals surface area contributed by atoms with Gasteiger partial charge in [0, 0.05) is 12.1 Å². The first-order chi connectivity index (χ1) is 8.20. The summed E-state index contributed by atoms with van der Waals surface area (Å²) in [7, 11) is 0. The van der Waals surface area contributed by atoms with Crippen molar-refractivity contribution in [3.8, 4) is 0 Å². The zero-order chi connectivity index (χ0) is 12.3. The lowest BCUT2D eigenvalue weighted by molar-refractivity contribution is 0.374. The molecule has 1 aromatic rings. The summed E-state index contributed by atoms with van der Waals surface area (Å²) in [6.07, 6.45) is 3.88. The summed E-state index contributed by atoms with van der Waals surface area (Å²) < 4.78 is 0. The van der Waals surface area contributed by atoms with E-state index in [1.54, 1.807) is 0 Å². The van der Waals surface area contributed by atoms with Crippen molar-refractivity contribution in [1.29, 1.82) is 0 Å². The molecule has 0 radical (unpaired) electrons. The van der Waals surface area contributed by atoms with Crippen molar-refractivity contribution >= 4 is 0 Å². The molecule has 1 aliphatic rings. The molecule has 0 heterocycles. The van der Waals surface area contributed by atoms with E-state index in [9.17, 15) is 0 Å². The van der Waals surface area contributed by atoms with Crippen LogP contribution in [0.5, 0.6) is 0 Å². The van der Waals surface area contributed by atoms with Crippen LogP contribution in [0.4, 0.5) is 0 Å². The summed E-state index contributed by atoms with van der Waals surface area (Å²) in [5, 5.41) is 3.74. The van der Waals surface area contributed by atoms with E-state index in [4.69, 9.17) is 5.73 Å². The molecule has 0 amide bonds. The van der Waals surface area contributed by atoms with E-state index in [0.717, 1.165) is 6.54 Å². The van der Waals surface area contributed by atoms with Gasteiger partial charge in [-0.25, -0.2) is 0 Å².